The number of nitrogens with one attached hydrogen (secondary N) is 1. The number of likely N-dealkylation sites (N-methyl/N-ethyl adjacent to an activating group) is 1. The predicted molar refractivity (Wildman–Crippen MR) is 64.1 cm³/mol. The van der Waals surface area contributed by atoms with Crippen LogP contribution < -0.4 is 11.1 Å². The topological polar surface area (TPSA) is 55.1 Å². The lowest BCUT2D eigenvalue weighted by Gasteiger charge is -2.37. The number of rotatable bonds is 3. The van der Waals surface area contributed by atoms with Crippen molar-refractivity contribution in [3.63, 3.8) is 0 Å². The van der Waals surface area contributed by atoms with E-state index in [-0.39, 0.29) is 11.4 Å². The Morgan fingerprint density at radius 1 is 1.44 bits per heavy atom. The van der Waals surface area contributed by atoms with Crippen LogP contribution in [0, 0.1) is 0 Å². The van der Waals surface area contributed by atoms with Gasteiger partial charge in [-0.3, -0.25) is 4.79 Å². The highest BCUT2D eigenvalue weighted by atomic mass is 16.1. The number of fused-ring (bicyclic) bond motifs is 1. The summed E-state index contributed by atoms with van der Waals surface area (Å²) in [5, 5.41) is 3.29. The Hall–Kier alpha value is -1.35. The number of amides is 1. The third kappa shape index (κ3) is 2.09. The van der Waals surface area contributed by atoms with Gasteiger partial charge >= 0.3 is 0 Å². The van der Waals surface area contributed by atoms with Gasteiger partial charge in [-0.2, -0.15) is 0 Å². The smallest absolute Gasteiger partial charge is 0.219 e. The van der Waals surface area contributed by atoms with Crippen molar-refractivity contribution in [3.05, 3.63) is 35.4 Å². The Morgan fingerprint density at radius 2 is 2.12 bits per heavy atom. The van der Waals surface area contributed by atoms with Crippen molar-refractivity contribution in [3.8, 4) is 0 Å². The first kappa shape index (κ1) is 11.1. The lowest BCUT2D eigenvalue weighted by atomic mass is 9.76. The van der Waals surface area contributed by atoms with Crippen LogP contribution in [0.4, 0.5) is 0 Å². The van der Waals surface area contributed by atoms with Crippen molar-refractivity contribution < 1.29 is 4.79 Å². The van der Waals surface area contributed by atoms with E-state index in [1.54, 1.807) is 0 Å². The van der Waals surface area contributed by atoms with Gasteiger partial charge in [0.2, 0.25) is 5.91 Å². The molecule has 0 fully saturated rings. The van der Waals surface area contributed by atoms with Crippen molar-refractivity contribution in [1.82, 2.24) is 5.32 Å². The van der Waals surface area contributed by atoms with Crippen LogP contribution in [-0.2, 0) is 17.6 Å². The molecule has 16 heavy (non-hydrogen) atoms. The van der Waals surface area contributed by atoms with Crippen LogP contribution in [0.1, 0.15) is 24.0 Å². The number of hydrogen-bond donors (Lipinski definition) is 2. The molecular formula is C13H18N2O. The standard InChI is InChI=1S/C13H18N2O/c1-15-13(9-12(14)16)7-6-10-4-2-3-5-11(10)8-13/h2-5,15H,6-9H2,1H3,(H2,14,16). The summed E-state index contributed by atoms with van der Waals surface area (Å²) in [6.07, 6.45) is 3.30. The van der Waals surface area contributed by atoms with Crippen molar-refractivity contribution >= 4 is 5.91 Å². The maximum atomic E-state index is 11.1. The minimum atomic E-state index is -0.228. The highest BCUT2D eigenvalue weighted by Gasteiger charge is 2.34. The van der Waals surface area contributed by atoms with Gasteiger partial charge in [-0.1, -0.05) is 24.3 Å². The van der Waals surface area contributed by atoms with Crippen LogP contribution in [0.5, 0.6) is 0 Å². The Labute approximate surface area is 96.0 Å². The molecule has 1 unspecified atom stereocenters. The number of benzene rings is 1. The maximum Gasteiger partial charge on any atom is 0.219 e. The van der Waals surface area contributed by atoms with Crippen LogP contribution in [0.15, 0.2) is 24.3 Å². The molecule has 1 aliphatic carbocycles. The molecule has 0 bridgehead atoms. The molecule has 1 aromatic rings. The van der Waals surface area contributed by atoms with Gasteiger partial charge in [-0.15, -0.1) is 0 Å². The zero-order valence-corrected chi connectivity index (χ0v) is 9.62. The predicted octanol–water partition coefficient (Wildman–Crippen LogP) is 1.01. The van der Waals surface area contributed by atoms with E-state index < -0.39 is 0 Å². The summed E-state index contributed by atoms with van der Waals surface area (Å²) in [4.78, 5) is 11.1. The van der Waals surface area contributed by atoms with Gasteiger partial charge in [0, 0.05) is 12.0 Å². The highest BCUT2D eigenvalue weighted by molar-refractivity contribution is 5.75. The molecule has 1 atom stereocenters. The molecule has 0 radical (unpaired) electrons. The molecule has 0 saturated carbocycles. The van der Waals surface area contributed by atoms with Crippen molar-refractivity contribution in [2.24, 2.45) is 5.73 Å². The van der Waals surface area contributed by atoms with E-state index in [0.717, 1.165) is 19.3 Å². The fraction of sp³-hybridized carbons (Fsp3) is 0.462. The Bertz CT molecular complexity index is 403. The van der Waals surface area contributed by atoms with E-state index in [1.165, 1.54) is 11.1 Å². The second-order valence-electron chi connectivity index (χ2n) is 4.62. The SMILES string of the molecule is CNC1(CC(N)=O)CCc2ccccc2C1. The monoisotopic (exact) mass is 218 g/mol. The fourth-order valence-corrected chi connectivity index (χ4v) is 2.59. The number of carbonyl (C=O) groups excluding carboxylic acids is 1. The summed E-state index contributed by atoms with van der Waals surface area (Å²) in [6.45, 7) is 0. The van der Waals surface area contributed by atoms with Gasteiger partial charge in [-0.25, -0.2) is 0 Å². The van der Waals surface area contributed by atoms with E-state index in [2.05, 4.69) is 29.6 Å². The molecule has 1 aromatic carbocycles. The van der Waals surface area contributed by atoms with E-state index in [0.29, 0.717) is 6.42 Å². The Balaban J connectivity index is 2.24. The molecule has 3 N–H and O–H groups in total. The van der Waals surface area contributed by atoms with E-state index in [4.69, 9.17) is 5.73 Å². The van der Waals surface area contributed by atoms with Gasteiger partial charge < -0.3 is 11.1 Å². The van der Waals surface area contributed by atoms with Crippen LogP contribution in [0.2, 0.25) is 0 Å². The molecular weight excluding hydrogens is 200 g/mol. The van der Waals surface area contributed by atoms with Crippen molar-refractivity contribution in [2.75, 3.05) is 7.05 Å². The minimum absolute atomic E-state index is 0.139. The summed E-state index contributed by atoms with van der Waals surface area (Å²) in [5.41, 5.74) is 7.92. The molecule has 0 aliphatic heterocycles. The number of aryl methyl sites for hydroxylation is 1. The molecule has 3 nitrogen and oxygen atoms in total. The van der Waals surface area contributed by atoms with Crippen molar-refractivity contribution in [2.45, 2.75) is 31.2 Å². The third-order valence-corrected chi connectivity index (χ3v) is 3.56. The van der Waals surface area contributed by atoms with Crippen molar-refractivity contribution in [1.29, 1.82) is 0 Å². The molecule has 1 amide bonds. The second-order valence-corrected chi connectivity index (χ2v) is 4.62. The van der Waals surface area contributed by atoms with Gasteiger partial charge in [0.25, 0.3) is 0 Å². The maximum absolute atomic E-state index is 11.1. The van der Waals surface area contributed by atoms with E-state index in [1.807, 2.05) is 7.05 Å². The molecule has 0 aromatic heterocycles. The molecule has 0 spiro atoms. The van der Waals surface area contributed by atoms with Crippen LogP contribution in [-0.4, -0.2) is 18.5 Å². The Kier molecular flexibility index (Phi) is 2.97. The summed E-state index contributed by atoms with van der Waals surface area (Å²) >= 11 is 0. The average Bonchev–Trinajstić information content (AvgIpc) is 2.28. The molecule has 86 valence electrons. The number of hydrogen-bond acceptors (Lipinski definition) is 2. The Morgan fingerprint density at radius 3 is 2.75 bits per heavy atom. The van der Waals surface area contributed by atoms with Gasteiger partial charge in [0.1, 0.15) is 0 Å². The number of nitrogens with two attached hydrogens (primary N) is 1. The number of carbonyl (C=O) groups is 1. The first-order valence-electron chi connectivity index (χ1n) is 5.69. The van der Waals surface area contributed by atoms with Crippen LogP contribution >= 0.6 is 0 Å². The van der Waals surface area contributed by atoms with Crippen LogP contribution in [0.3, 0.4) is 0 Å². The lowest BCUT2D eigenvalue weighted by Crippen LogP contribution is -2.50. The minimum Gasteiger partial charge on any atom is -0.370 e. The first-order valence-corrected chi connectivity index (χ1v) is 5.69. The van der Waals surface area contributed by atoms with E-state index >= 15 is 0 Å². The third-order valence-electron chi connectivity index (χ3n) is 3.56. The molecule has 3 heteroatoms. The normalized spacial score (nSPS) is 23.8. The fourth-order valence-electron chi connectivity index (χ4n) is 2.59. The van der Waals surface area contributed by atoms with Crippen LogP contribution in [0.25, 0.3) is 0 Å². The second kappa shape index (κ2) is 4.26. The molecule has 0 heterocycles. The zero-order chi connectivity index (χ0) is 11.6. The summed E-state index contributed by atoms with van der Waals surface area (Å²) in [7, 11) is 1.91. The molecule has 1 aliphatic rings. The van der Waals surface area contributed by atoms with E-state index in [9.17, 15) is 4.79 Å². The highest BCUT2D eigenvalue weighted by Crippen LogP contribution is 2.30. The van der Waals surface area contributed by atoms with Gasteiger partial charge in [0.15, 0.2) is 0 Å². The summed E-state index contributed by atoms with van der Waals surface area (Å²) < 4.78 is 0. The zero-order valence-electron chi connectivity index (χ0n) is 9.62. The molecule has 2 rings (SSSR count). The lowest BCUT2D eigenvalue weighted by molar-refractivity contribution is -0.119. The van der Waals surface area contributed by atoms with Gasteiger partial charge in [-0.05, 0) is 37.4 Å². The summed E-state index contributed by atoms with van der Waals surface area (Å²) in [5.74, 6) is -0.228. The largest absolute Gasteiger partial charge is 0.370 e. The average molecular weight is 218 g/mol. The summed E-state index contributed by atoms with van der Waals surface area (Å²) in [6, 6.07) is 8.43. The quantitative estimate of drug-likeness (QED) is 0.795. The number of primary amides is 1. The first-order chi connectivity index (χ1) is 7.65. The molecule has 0 saturated heterocycles. The van der Waals surface area contributed by atoms with Gasteiger partial charge in [0.05, 0.1) is 0 Å².